The zero-order valence-corrected chi connectivity index (χ0v) is 5.27. The average molecular weight is 139 g/mol. The number of hydrogen-bond acceptors (Lipinski definition) is 4. The summed E-state index contributed by atoms with van der Waals surface area (Å²) in [6.07, 6.45) is 1.21. The van der Waals surface area contributed by atoms with E-state index >= 15 is 0 Å². The Hall–Kier alpha value is -1.52. The summed E-state index contributed by atoms with van der Waals surface area (Å²) in [6.45, 7) is 1.57. The van der Waals surface area contributed by atoms with Crippen LogP contribution >= 0.6 is 0 Å². The van der Waals surface area contributed by atoms with Crippen molar-refractivity contribution in [2.24, 2.45) is 0 Å². The molecule has 1 N–H and O–H groups in total. The van der Waals surface area contributed by atoms with E-state index in [-0.39, 0.29) is 5.69 Å². The van der Waals surface area contributed by atoms with Gasteiger partial charge in [0.2, 0.25) is 0 Å². The molecule has 0 saturated carbocycles. The van der Waals surface area contributed by atoms with E-state index in [1.54, 1.807) is 6.92 Å². The van der Waals surface area contributed by atoms with Crippen molar-refractivity contribution >= 4 is 5.97 Å². The number of rotatable bonds is 1. The van der Waals surface area contributed by atoms with E-state index in [1.807, 2.05) is 0 Å². The lowest BCUT2D eigenvalue weighted by Crippen LogP contribution is -2.05. The molecule has 52 valence electrons. The highest BCUT2D eigenvalue weighted by Crippen LogP contribution is 1.95. The third-order valence-electron chi connectivity index (χ3n) is 1.01. The first-order chi connectivity index (χ1) is 4.72. The van der Waals surface area contributed by atoms with Crippen molar-refractivity contribution in [2.75, 3.05) is 0 Å². The first-order valence-corrected chi connectivity index (χ1v) is 2.59. The lowest BCUT2D eigenvalue weighted by molar-refractivity contribution is 0.0687. The van der Waals surface area contributed by atoms with Crippen LogP contribution in [0.25, 0.3) is 0 Å². The van der Waals surface area contributed by atoms with E-state index in [0.717, 1.165) is 0 Å². The molecule has 1 aromatic heterocycles. The number of nitrogens with zero attached hydrogens (tertiary/aromatic N) is 3. The van der Waals surface area contributed by atoms with Crippen molar-refractivity contribution in [1.29, 1.82) is 0 Å². The lowest BCUT2D eigenvalue weighted by Gasteiger charge is -1.92. The third kappa shape index (κ3) is 1.07. The molecule has 1 heterocycles. The maximum absolute atomic E-state index is 10.3. The number of carboxylic acids is 1. The van der Waals surface area contributed by atoms with Gasteiger partial charge >= 0.3 is 5.97 Å². The van der Waals surface area contributed by atoms with E-state index in [0.29, 0.717) is 5.69 Å². The summed E-state index contributed by atoms with van der Waals surface area (Å²) >= 11 is 0. The number of hydrogen-bond donors (Lipinski definition) is 1. The molecule has 1 rings (SSSR count). The molecule has 0 aliphatic rings. The zero-order chi connectivity index (χ0) is 7.56. The zero-order valence-electron chi connectivity index (χ0n) is 5.27. The Morgan fingerprint density at radius 2 is 2.40 bits per heavy atom. The second kappa shape index (κ2) is 2.38. The number of carboxylic acid groups (broad SMARTS) is 1. The fourth-order valence-corrected chi connectivity index (χ4v) is 0.527. The average Bonchev–Trinajstić information content (AvgIpc) is 1.88. The van der Waals surface area contributed by atoms with Crippen molar-refractivity contribution in [3.63, 3.8) is 0 Å². The normalized spacial score (nSPS) is 9.30. The number of aryl methyl sites for hydroxylation is 1. The van der Waals surface area contributed by atoms with E-state index in [4.69, 9.17) is 5.11 Å². The van der Waals surface area contributed by atoms with Gasteiger partial charge in [-0.05, 0) is 6.92 Å². The molecule has 10 heavy (non-hydrogen) atoms. The van der Waals surface area contributed by atoms with Crippen LogP contribution in [0.5, 0.6) is 0 Å². The molecule has 0 atom stereocenters. The fourth-order valence-electron chi connectivity index (χ4n) is 0.527. The maximum atomic E-state index is 10.3. The van der Waals surface area contributed by atoms with Gasteiger partial charge in [-0.25, -0.2) is 9.78 Å². The van der Waals surface area contributed by atoms with Crippen LogP contribution in [-0.2, 0) is 0 Å². The second-order valence-corrected chi connectivity index (χ2v) is 1.70. The van der Waals surface area contributed by atoms with Crippen molar-refractivity contribution in [2.45, 2.75) is 6.92 Å². The summed E-state index contributed by atoms with van der Waals surface area (Å²) in [5.41, 5.74) is 0.282. The Balaban J connectivity index is 3.15. The monoisotopic (exact) mass is 139 g/mol. The first kappa shape index (κ1) is 6.60. The van der Waals surface area contributed by atoms with Gasteiger partial charge in [0.05, 0.1) is 5.69 Å². The third-order valence-corrected chi connectivity index (χ3v) is 1.01. The summed E-state index contributed by atoms with van der Waals surface area (Å²) in [5.74, 6) is -1.10. The van der Waals surface area contributed by atoms with Gasteiger partial charge in [-0.15, -0.1) is 10.2 Å². The molecule has 5 heteroatoms. The van der Waals surface area contributed by atoms with Gasteiger partial charge < -0.3 is 5.11 Å². The topological polar surface area (TPSA) is 76.0 Å². The predicted molar refractivity (Wildman–Crippen MR) is 31.5 cm³/mol. The maximum Gasteiger partial charge on any atom is 0.358 e. The predicted octanol–water partition coefficient (Wildman–Crippen LogP) is -0.122. The van der Waals surface area contributed by atoms with E-state index in [1.165, 1.54) is 6.33 Å². The smallest absolute Gasteiger partial charge is 0.358 e. The van der Waals surface area contributed by atoms with E-state index in [2.05, 4.69) is 15.2 Å². The van der Waals surface area contributed by atoms with Crippen LogP contribution in [0, 0.1) is 6.92 Å². The van der Waals surface area contributed by atoms with E-state index < -0.39 is 5.97 Å². The standard InChI is InChI=1S/C5H5N3O2/c1-3-4(5(9)10)8-7-2-6-3/h2H,1H3,(H,9,10). The van der Waals surface area contributed by atoms with Crippen LogP contribution in [0.2, 0.25) is 0 Å². The molecule has 0 bridgehead atoms. The van der Waals surface area contributed by atoms with Gasteiger partial charge in [-0.1, -0.05) is 0 Å². The van der Waals surface area contributed by atoms with Gasteiger partial charge in [0.25, 0.3) is 0 Å². The van der Waals surface area contributed by atoms with Gasteiger partial charge in [-0.3, -0.25) is 0 Å². The highest BCUT2D eigenvalue weighted by atomic mass is 16.4. The van der Waals surface area contributed by atoms with Crippen LogP contribution in [-0.4, -0.2) is 26.3 Å². The molecule has 0 saturated heterocycles. The van der Waals surface area contributed by atoms with Crippen LogP contribution in [0.1, 0.15) is 16.2 Å². The lowest BCUT2D eigenvalue weighted by atomic mass is 10.3. The molecular formula is C5H5N3O2. The van der Waals surface area contributed by atoms with Gasteiger partial charge in [0, 0.05) is 0 Å². The minimum atomic E-state index is -1.10. The fraction of sp³-hybridized carbons (Fsp3) is 0.200. The highest BCUT2D eigenvalue weighted by molar-refractivity contribution is 5.86. The Kier molecular flexibility index (Phi) is 1.57. The summed E-state index contributed by atoms with van der Waals surface area (Å²) in [5, 5.41) is 15.1. The summed E-state index contributed by atoms with van der Waals surface area (Å²) in [4.78, 5) is 13.9. The van der Waals surface area contributed by atoms with Gasteiger partial charge in [0.1, 0.15) is 6.33 Å². The molecular weight excluding hydrogens is 134 g/mol. The molecule has 0 aliphatic heterocycles. The molecule has 0 fully saturated rings. The summed E-state index contributed by atoms with van der Waals surface area (Å²) < 4.78 is 0. The van der Waals surface area contributed by atoms with Crippen LogP contribution in [0.3, 0.4) is 0 Å². The SMILES string of the molecule is Cc1ncnnc1C(=O)O. The van der Waals surface area contributed by atoms with Crippen molar-refractivity contribution in [3.05, 3.63) is 17.7 Å². The quantitative estimate of drug-likeness (QED) is 0.586. The number of aromatic carboxylic acids is 1. The Labute approximate surface area is 56.7 Å². The van der Waals surface area contributed by atoms with Crippen LogP contribution in [0.4, 0.5) is 0 Å². The van der Waals surface area contributed by atoms with Crippen LogP contribution in [0.15, 0.2) is 6.33 Å². The minimum absolute atomic E-state index is 0.0949. The molecule has 0 amide bonds. The van der Waals surface area contributed by atoms with Crippen molar-refractivity contribution in [3.8, 4) is 0 Å². The van der Waals surface area contributed by atoms with Gasteiger partial charge in [-0.2, -0.15) is 0 Å². The molecule has 0 spiro atoms. The minimum Gasteiger partial charge on any atom is -0.476 e. The largest absolute Gasteiger partial charge is 0.476 e. The summed E-state index contributed by atoms with van der Waals surface area (Å²) in [7, 11) is 0. The molecule has 0 aromatic carbocycles. The Morgan fingerprint density at radius 3 is 2.80 bits per heavy atom. The molecule has 0 radical (unpaired) electrons. The Morgan fingerprint density at radius 1 is 1.70 bits per heavy atom. The number of aromatic nitrogens is 3. The van der Waals surface area contributed by atoms with Crippen molar-refractivity contribution in [1.82, 2.24) is 15.2 Å². The summed E-state index contributed by atoms with van der Waals surface area (Å²) in [6, 6.07) is 0. The first-order valence-electron chi connectivity index (χ1n) is 2.59. The van der Waals surface area contributed by atoms with Gasteiger partial charge in [0.15, 0.2) is 5.69 Å². The molecule has 0 aliphatic carbocycles. The van der Waals surface area contributed by atoms with Crippen molar-refractivity contribution < 1.29 is 9.90 Å². The highest BCUT2D eigenvalue weighted by Gasteiger charge is 2.08. The molecule has 1 aromatic rings. The molecule has 0 unspecified atom stereocenters. The second-order valence-electron chi connectivity index (χ2n) is 1.70. The number of carbonyl (C=O) groups is 1. The van der Waals surface area contributed by atoms with E-state index in [9.17, 15) is 4.79 Å². The Bertz CT molecular complexity index is 261. The molecule has 5 nitrogen and oxygen atoms in total. The van der Waals surface area contributed by atoms with Crippen LogP contribution < -0.4 is 0 Å².